The van der Waals surface area contributed by atoms with Crippen LogP contribution in [0.3, 0.4) is 0 Å². The van der Waals surface area contributed by atoms with Crippen molar-refractivity contribution in [2.45, 2.75) is 25.8 Å². The van der Waals surface area contributed by atoms with Crippen molar-refractivity contribution in [1.82, 2.24) is 0 Å². The lowest BCUT2D eigenvalue weighted by Gasteiger charge is -2.18. The maximum atomic E-state index is 10.8. The molecule has 1 aromatic carbocycles. The van der Waals surface area contributed by atoms with E-state index in [0.717, 1.165) is 4.47 Å². The summed E-state index contributed by atoms with van der Waals surface area (Å²) in [6.45, 7) is 3.69. The van der Waals surface area contributed by atoms with Crippen molar-refractivity contribution in [3.8, 4) is 0 Å². The minimum atomic E-state index is -0.453. The summed E-state index contributed by atoms with van der Waals surface area (Å²) in [5.74, 6) is 0. The van der Waals surface area contributed by atoms with Gasteiger partial charge in [0.05, 0.1) is 4.92 Å². The lowest BCUT2D eigenvalue weighted by molar-refractivity contribution is -0.385. The number of nitro benzene ring substituents is 1. The van der Waals surface area contributed by atoms with Crippen LogP contribution in [0, 0.1) is 10.1 Å². The number of rotatable bonds is 3. The average Bonchev–Trinajstić information content (AvgIpc) is 1.99. The van der Waals surface area contributed by atoms with Gasteiger partial charge in [0, 0.05) is 21.6 Å². The van der Waals surface area contributed by atoms with E-state index in [2.05, 4.69) is 15.9 Å². The van der Waals surface area contributed by atoms with E-state index in [9.17, 15) is 10.1 Å². The molecule has 0 amide bonds. The lowest BCUT2D eigenvalue weighted by atomic mass is 9.95. The third kappa shape index (κ3) is 3.60. The van der Waals surface area contributed by atoms with E-state index in [4.69, 9.17) is 5.73 Å². The van der Waals surface area contributed by atoms with E-state index in [1.54, 1.807) is 12.1 Å². The third-order valence-corrected chi connectivity index (χ3v) is 2.38. The van der Waals surface area contributed by atoms with Gasteiger partial charge in [-0.15, -0.1) is 0 Å². The average molecular weight is 273 g/mol. The topological polar surface area (TPSA) is 69.2 Å². The first-order chi connectivity index (χ1) is 6.79. The Hall–Kier alpha value is -0.940. The fraction of sp³-hybridized carbons (Fsp3) is 0.400. The molecule has 0 aromatic heterocycles. The Morgan fingerprint density at radius 2 is 2.13 bits per heavy atom. The molecular weight excluding hydrogens is 260 g/mol. The number of nitrogens with zero attached hydrogens (tertiary/aromatic N) is 1. The molecule has 0 spiro atoms. The predicted molar refractivity (Wildman–Crippen MR) is 62.8 cm³/mol. The smallest absolute Gasteiger partial charge is 0.272 e. The quantitative estimate of drug-likeness (QED) is 0.679. The highest BCUT2D eigenvalue weighted by molar-refractivity contribution is 9.10. The standard InChI is InChI=1S/C10H13BrN2O2/c1-10(2,12)6-7-5-8(11)3-4-9(7)13(14)15/h3-5H,6,12H2,1-2H3. The maximum absolute atomic E-state index is 10.8. The van der Waals surface area contributed by atoms with Crippen molar-refractivity contribution in [2.24, 2.45) is 5.73 Å². The lowest BCUT2D eigenvalue weighted by Crippen LogP contribution is -2.34. The molecule has 0 saturated carbocycles. The Kier molecular flexibility index (Phi) is 3.46. The Labute approximate surface area is 96.8 Å². The first-order valence-electron chi connectivity index (χ1n) is 4.51. The van der Waals surface area contributed by atoms with Gasteiger partial charge in [0.1, 0.15) is 0 Å². The van der Waals surface area contributed by atoms with Crippen LogP contribution < -0.4 is 5.73 Å². The van der Waals surface area contributed by atoms with Crippen LogP contribution in [0.15, 0.2) is 22.7 Å². The van der Waals surface area contributed by atoms with Crippen LogP contribution in [-0.2, 0) is 6.42 Å². The number of halogens is 1. The summed E-state index contributed by atoms with van der Waals surface area (Å²) in [5, 5.41) is 10.8. The summed E-state index contributed by atoms with van der Waals surface area (Å²) in [5.41, 5.74) is 6.17. The van der Waals surface area contributed by atoms with Crippen molar-refractivity contribution in [3.63, 3.8) is 0 Å². The van der Waals surface area contributed by atoms with Crippen LogP contribution in [0.2, 0.25) is 0 Å². The second kappa shape index (κ2) is 4.28. The molecule has 2 N–H and O–H groups in total. The van der Waals surface area contributed by atoms with Crippen LogP contribution in [0.25, 0.3) is 0 Å². The normalized spacial score (nSPS) is 11.5. The molecule has 0 bridgehead atoms. The Morgan fingerprint density at radius 1 is 1.53 bits per heavy atom. The van der Waals surface area contributed by atoms with Crippen molar-refractivity contribution in [3.05, 3.63) is 38.3 Å². The van der Waals surface area contributed by atoms with Crippen molar-refractivity contribution in [1.29, 1.82) is 0 Å². The summed E-state index contributed by atoms with van der Waals surface area (Å²) < 4.78 is 0.826. The molecule has 0 aliphatic carbocycles. The fourth-order valence-electron chi connectivity index (χ4n) is 1.36. The maximum Gasteiger partial charge on any atom is 0.272 e. The molecule has 1 rings (SSSR count). The molecule has 0 aliphatic heterocycles. The van der Waals surface area contributed by atoms with Gasteiger partial charge in [-0.2, -0.15) is 0 Å². The fourth-order valence-corrected chi connectivity index (χ4v) is 1.77. The molecule has 0 fully saturated rings. The third-order valence-electron chi connectivity index (χ3n) is 1.88. The Balaban J connectivity index is 3.13. The van der Waals surface area contributed by atoms with Gasteiger partial charge in [-0.1, -0.05) is 15.9 Å². The summed E-state index contributed by atoms with van der Waals surface area (Å²) in [7, 11) is 0. The zero-order chi connectivity index (χ0) is 11.6. The highest BCUT2D eigenvalue weighted by Gasteiger charge is 2.20. The van der Waals surface area contributed by atoms with Crippen LogP contribution in [-0.4, -0.2) is 10.5 Å². The first kappa shape index (κ1) is 12.1. The molecule has 5 heteroatoms. The second-order valence-corrected chi connectivity index (χ2v) is 5.11. The molecule has 0 atom stereocenters. The number of benzene rings is 1. The summed E-state index contributed by atoms with van der Waals surface area (Å²) in [6, 6.07) is 4.89. The van der Waals surface area contributed by atoms with Gasteiger partial charge in [0.15, 0.2) is 0 Å². The van der Waals surface area contributed by atoms with E-state index < -0.39 is 5.54 Å². The van der Waals surface area contributed by atoms with Crippen molar-refractivity contribution >= 4 is 21.6 Å². The summed E-state index contributed by atoms with van der Waals surface area (Å²) in [4.78, 5) is 10.4. The van der Waals surface area contributed by atoms with Gasteiger partial charge in [0.2, 0.25) is 0 Å². The number of hydrogen-bond acceptors (Lipinski definition) is 3. The van der Waals surface area contributed by atoms with E-state index in [-0.39, 0.29) is 10.6 Å². The van der Waals surface area contributed by atoms with E-state index in [0.29, 0.717) is 12.0 Å². The van der Waals surface area contributed by atoms with Crippen LogP contribution in [0.5, 0.6) is 0 Å². The van der Waals surface area contributed by atoms with Crippen LogP contribution in [0.1, 0.15) is 19.4 Å². The molecule has 0 saturated heterocycles. The van der Waals surface area contributed by atoms with E-state index >= 15 is 0 Å². The van der Waals surface area contributed by atoms with Gasteiger partial charge in [-0.25, -0.2) is 0 Å². The van der Waals surface area contributed by atoms with Gasteiger partial charge < -0.3 is 5.73 Å². The minimum absolute atomic E-state index is 0.122. The first-order valence-corrected chi connectivity index (χ1v) is 5.30. The van der Waals surface area contributed by atoms with Crippen molar-refractivity contribution < 1.29 is 4.92 Å². The molecule has 15 heavy (non-hydrogen) atoms. The highest BCUT2D eigenvalue weighted by atomic mass is 79.9. The zero-order valence-electron chi connectivity index (χ0n) is 8.66. The Bertz CT molecular complexity index is 385. The van der Waals surface area contributed by atoms with Gasteiger partial charge in [0.25, 0.3) is 5.69 Å². The predicted octanol–water partition coefficient (Wildman–Crippen LogP) is 2.64. The van der Waals surface area contributed by atoms with Gasteiger partial charge in [-0.3, -0.25) is 10.1 Å². The molecule has 0 heterocycles. The molecule has 4 nitrogen and oxygen atoms in total. The minimum Gasteiger partial charge on any atom is -0.325 e. The van der Waals surface area contributed by atoms with Crippen LogP contribution in [0.4, 0.5) is 5.69 Å². The number of hydrogen-bond donors (Lipinski definition) is 1. The van der Waals surface area contributed by atoms with Crippen molar-refractivity contribution in [2.75, 3.05) is 0 Å². The molecule has 82 valence electrons. The van der Waals surface area contributed by atoms with E-state index in [1.165, 1.54) is 6.07 Å². The summed E-state index contributed by atoms with van der Waals surface area (Å²) >= 11 is 3.29. The molecule has 0 radical (unpaired) electrons. The van der Waals surface area contributed by atoms with Gasteiger partial charge in [-0.05, 0) is 32.4 Å². The van der Waals surface area contributed by atoms with E-state index in [1.807, 2.05) is 13.8 Å². The van der Waals surface area contributed by atoms with Crippen LogP contribution >= 0.6 is 15.9 Å². The SMILES string of the molecule is CC(C)(N)Cc1cc(Br)ccc1[N+](=O)[O-]. The molecule has 0 aliphatic rings. The largest absolute Gasteiger partial charge is 0.325 e. The molecule has 0 unspecified atom stereocenters. The van der Waals surface area contributed by atoms with Gasteiger partial charge >= 0.3 is 0 Å². The second-order valence-electron chi connectivity index (χ2n) is 4.20. The number of nitro groups is 1. The zero-order valence-corrected chi connectivity index (χ0v) is 10.2. The summed E-state index contributed by atoms with van der Waals surface area (Å²) in [6.07, 6.45) is 0.475. The number of nitrogens with two attached hydrogens (primary N) is 1. The molecular formula is C10H13BrN2O2. The molecule has 1 aromatic rings. The highest BCUT2D eigenvalue weighted by Crippen LogP contribution is 2.25. The Morgan fingerprint density at radius 3 is 2.60 bits per heavy atom. The monoisotopic (exact) mass is 272 g/mol.